The van der Waals surface area contributed by atoms with E-state index in [1.165, 1.54) is 11.3 Å². The molecular weight excluding hydrogens is 336 g/mol. The van der Waals surface area contributed by atoms with E-state index in [4.69, 9.17) is 5.11 Å². The molecule has 0 unspecified atom stereocenters. The van der Waals surface area contributed by atoms with Gasteiger partial charge in [0.05, 0.1) is 12.1 Å². The highest BCUT2D eigenvalue weighted by molar-refractivity contribution is 7.13. The van der Waals surface area contributed by atoms with Gasteiger partial charge in [0.15, 0.2) is 5.13 Å². The highest BCUT2D eigenvalue weighted by Gasteiger charge is 2.26. The minimum atomic E-state index is -0.897. The lowest BCUT2D eigenvalue weighted by Crippen LogP contribution is -2.17. The van der Waals surface area contributed by atoms with Crippen LogP contribution in [0.4, 0.5) is 10.8 Å². The van der Waals surface area contributed by atoms with Crippen molar-refractivity contribution < 1.29 is 15.0 Å². The van der Waals surface area contributed by atoms with Crippen molar-refractivity contribution >= 4 is 28.1 Å². The molecule has 2 aromatic rings. The van der Waals surface area contributed by atoms with Gasteiger partial charge in [-0.1, -0.05) is 41.5 Å². The summed E-state index contributed by atoms with van der Waals surface area (Å²) >= 11 is 1.37. The van der Waals surface area contributed by atoms with Gasteiger partial charge in [0.25, 0.3) is 0 Å². The smallest absolute Gasteiger partial charge is 0.309 e. The average Bonchev–Trinajstić information content (AvgIpc) is 2.84. The number of thiazole rings is 1. The van der Waals surface area contributed by atoms with Crippen molar-refractivity contribution in [2.75, 3.05) is 5.32 Å². The van der Waals surface area contributed by atoms with Crippen LogP contribution in [0, 0.1) is 0 Å². The van der Waals surface area contributed by atoms with Gasteiger partial charge in [-0.15, -0.1) is 11.3 Å². The van der Waals surface area contributed by atoms with Gasteiger partial charge in [-0.05, 0) is 23.0 Å². The number of aromatic hydroxyl groups is 1. The molecule has 0 saturated heterocycles. The van der Waals surface area contributed by atoms with Gasteiger partial charge >= 0.3 is 5.97 Å². The maximum absolute atomic E-state index is 10.8. The highest BCUT2D eigenvalue weighted by Crippen LogP contribution is 2.41. The molecule has 0 radical (unpaired) electrons. The zero-order chi connectivity index (χ0) is 19.0. The van der Waals surface area contributed by atoms with E-state index in [1.54, 1.807) is 5.38 Å². The summed E-state index contributed by atoms with van der Waals surface area (Å²) in [6.07, 6.45) is -0.0890. The molecule has 25 heavy (non-hydrogen) atoms. The van der Waals surface area contributed by atoms with E-state index in [-0.39, 0.29) is 17.3 Å². The van der Waals surface area contributed by atoms with Crippen LogP contribution in [0.2, 0.25) is 0 Å². The van der Waals surface area contributed by atoms with Gasteiger partial charge in [-0.2, -0.15) is 0 Å². The SMILES string of the molecule is CC(C)(C)c1cc(Nc2nc(CC(=O)O)cs2)cc(C(C)(C)C)c1O. The summed E-state index contributed by atoms with van der Waals surface area (Å²) in [6, 6.07) is 3.87. The van der Waals surface area contributed by atoms with Crippen molar-refractivity contribution in [1.82, 2.24) is 4.98 Å². The number of phenolic OH excluding ortho intramolecular Hbond substituents is 1. The number of hydrogen-bond acceptors (Lipinski definition) is 5. The lowest BCUT2D eigenvalue weighted by atomic mass is 9.79. The second kappa shape index (κ2) is 6.67. The number of carboxylic acid groups (broad SMARTS) is 1. The van der Waals surface area contributed by atoms with Crippen LogP contribution in [0.25, 0.3) is 0 Å². The summed E-state index contributed by atoms with van der Waals surface area (Å²) in [7, 11) is 0. The molecule has 3 N–H and O–H groups in total. The Kier molecular flexibility index (Phi) is 5.14. The quantitative estimate of drug-likeness (QED) is 0.680. The van der Waals surface area contributed by atoms with Crippen LogP contribution in [0.3, 0.4) is 0 Å². The first-order chi connectivity index (χ1) is 11.4. The number of carbonyl (C=O) groups is 1. The first-order valence-corrected chi connectivity index (χ1v) is 9.07. The van der Waals surface area contributed by atoms with Gasteiger partial charge in [0.2, 0.25) is 0 Å². The second-order valence-electron chi connectivity index (χ2n) is 8.26. The molecule has 1 aromatic carbocycles. The van der Waals surface area contributed by atoms with Gasteiger partial charge < -0.3 is 15.5 Å². The van der Waals surface area contributed by atoms with Crippen molar-refractivity contribution in [2.24, 2.45) is 0 Å². The molecule has 136 valence electrons. The lowest BCUT2D eigenvalue weighted by Gasteiger charge is -2.28. The van der Waals surface area contributed by atoms with Gasteiger partial charge in [0.1, 0.15) is 5.75 Å². The van der Waals surface area contributed by atoms with E-state index in [0.29, 0.717) is 16.6 Å². The van der Waals surface area contributed by atoms with Gasteiger partial charge in [0, 0.05) is 22.2 Å². The fraction of sp³-hybridized carbons (Fsp3) is 0.474. The maximum Gasteiger partial charge on any atom is 0.309 e. The summed E-state index contributed by atoms with van der Waals surface area (Å²) < 4.78 is 0. The van der Waals surface area contributed by atoms with Gasteiger partial charge in [-0.25, -0.2) is 4.98 Å². The normalized spacial score (nSPS) is 12.2. The maximum atomic E-state index is 10.8. The minimum Gasteiger partial charge on any atom is -0.507 e. The molecule has 6 heteroatoms. The molecule has 0 aliphatic carbocycles. The van der Waals surface area contributed by atoms with E-state index in [9.17, 15) is 9.90 Å². The minimum absolute atomic E-state index is 0.0890. The zero-order valence-electron chi connectivity index (χ0n) is 15.6. The number of nitrogens with one attached hydrogen (secondary N) is 1. The standard InChI is InChI=1S/C19H26N2O3S/c1-18(2,3)13-7-11(8-14(16(13)24)19(4,5)6)20-17-21-12(10-25-17)9-15(22)23/h7-8,10,24H,9H2,1-6H3,(H,20,21)(H,22,23). The summed E-state index contributed by atoms with van der Waals surface area (Å²) in [5, 5.41) is 25.2. The van der Waals surface area contributed by atoms with Crippen LogP contribution in [-0.2, 0) is 22.0 Å². The Morgan fingerprint density at radius 1 is 1.12 bits per heavy atom. The molecule has 0 bridgehead atoms. The number of hydrogen-bond donors (Lipinski definition) is 3. The number of aromatic nitrogens is 1. The first kappa shape index (κ1) is 19.2. The third-order valence-electron chi connectivity index (χ3n) is 3.86. The Balaban J connectivity index is 2.44. The molecule has 0 saturated carbocycles. The Hall–Kier alpha value is -2.08. The average molecular weight is 362 g/mol. The van der Waals surface area contributed by atoms with Gasteiger partial charge in [-0.3, -0.25) is 4.79 Å². The summed E-state index contributed by atoms with van der Waals surface area (Å²) in [4.78, 5) is 15.1. The molecule has 0 fully saturated rings. The van der Waals surface area contributed by atoms with E-state index >= 15 is 0 Å². The molecule has 0 aliphatic rings. The molecular formula is C19H26N2O3S. The summed E-state index contributed by atoms with van der Waals surface area (Å²) in [6.45, 7) is 12.4. The third kappa shape index (κ3) is 4.72. The Morgan fingerprint density at radius 3 is 2.08 bits per heavy atom. The fourth-order valence-electron chi connectivity index (χ4n) is 2.57. The predicted molar refractivity (Wildman–Crippen MR) is 102 cm³/mol. The van der Waals surface area contributed by atoms with Crippen LogP contribution < -0.4 is 5.32 Å². The van der Waals surface area contributed by atoms with Crippen molar-refractivity contribution in [3.8, 4) is 5.75 Å². The van der Waals surface area contributed by atoms with Crippen LogP contribution in [0.15, 0.2) is 17.5 Å². The predicted octanol–water partition coefficient (Wildman–Crippen LogP) is 4.81. The number of benzene rings is 1. The molecule has 2 rings (SSSR count). The van der Waals surface area contributed by atoms with Crippen LogP contribution in [-0.4, -0.2) is 21.2 Å². The van der Waals surface area contributed by atoms with Crippen molar-refractivity contribution in [2.45, 2.75) is 58.8 Å². The number of anilines is 2. The van der Waals surface area contributed by atoms with E-state index < -0.39 is 5.97 Å². The van der Waals surface area contributed by atoms with E-state index in [0.717, 1.165) is 16.8 Å². The summed E-state index contributed by atoms with van der Waals surface area (Å²) in [5.41, 5.74) is 2.68. The molecule has 0 aliphatic heterocycles. The Labute approximate surface area is 152 Å². The van der Waals surface area contributed by atoms with Crippen LogP contribution in [0.5, 0.6) is 5.75 Å². The number of phenols is 1. The van der Waals surface area contributed by atoms with Crippen LogP contribution >= 0.6 is 11.3 Å². The molecule has 5 nitrogen and oxygen atoms in total. The number of aliphatic carboxylic acids is 1. The summed E-state index contributed by atoms with van der Waals surface area (Å²) in [5.74, 6) is -0.567. The van der Waals surface area contributed by atoms with Crippen molar-refractivity contribution in [3.05, 3.63) is 34.3 Å². The fourth-order valence-corrected chi connectivity index (χ4v) is 3.30. The molecule has 1 heterocycles. The van der Waals surface area contributed by atoms with Crippen molar-refractivity contribution in [3.63, 3.8) is 0 Å². The second-order valence-corrected chi connectivity index (χ2v) is 9.12. The Bertz CT molecular complexity index is 748. The molecule has 0 spiro atoms. The van der Waals surface area contributed by atoms with Crippen LogP contribution in [0.1, 0.15) is 58.4 Å². The lowest BCUT2D eigenvalue weighted by molar-refractivity contribution is -0.136. The molecule has 0 amide bonds. The van der Waals surface area contributed by atoms with Crippen molar-refractivity contribution in [1.29, 1.82) is 0 Å². The first-order valence-electron chi connectivity index (χ1n) is 8.19. The van der Waals surface area contributed by atoms with E-state index in [2.05, 4.69) is 51.8 Å². The topological polar surface area (TPSA) is 82.5 Å². The largest absolute Gasteiger partial charge is 0.507 e. The third-order valence-corrected chi connectivity index (χ3v) is 4.67. The number of nitrogens with zero attached hydrogens (tertiary/aromatic N) is 1. The molecule has 1 aromatic heterocycles. The number of carboxylic acids is 1. The monoisotopic (exact) mass is 362 g/mol. The Morgan fingerprint density at radius 2 is 1.64 bits per heavy atom. The molecule has 0 atom stereocenters. The number of rotatable bonds is 4. The highest BCUT2D eigenvalue weighted by atomic mass is 32.1. The zero-order valence-corrected chi connectivity index (χ0v) is 16.4. The van der Waals surface area contributed by atoms with E-state index in [1.807, 2.05) is 12.1 Å².